The van der Waals surface area contributed by atoms with Gasteiger partial charge < -0.3 is 19.5 Å². The Kier molecular flexibility index (Phi) is 5.84. The Balaban J connectivity index is 1.70. The van der Waals surface area contributed by atoms with Gasteiger partial charge in [-0.25, -0.2) is 0 Å². The van der Waals surface area contributed by atoms with Gasteiger partial charge in [0.1, 0.15) is 5.75 Å². The Morgan fingerprint density at radius 3 is 2.47 bits per heavy atom. The summed E-state index contributed by atoms with van der Waals surface area (Å²) in [5.41, 5.74) is 7.97. The highest BCUT2D eigenvalue weighted by atomic mass is 32.1. The number of hydrogen-bond acceptors (Lipinski definition) is 3. The van der Waals surface area contributed by atoms with E-state index >= 15 is 0 Å². The highest BCUT2D eigenvalue weighted by molar-refractivity contribution is 7.80. The number of ether oxygens (including phenoxy) is 1. The fourth-order valence-corrected chi connectivity index (χ4v) is 5.33. The summed E-state index contributed by atoms with van der Waals surface area (Å²) in [6, 6.07) is 24.7. The molecule has 5 rings (SSSR count). The number of thiocarbonyl (C=S) groups is 1. The maximum atomic E-state index is 5.89. The van der Waals surface area contributed by atoms with Crippen molar-refractivity contribution in [1.82, 2.24) is 14.9 Å². The normalized spacial score (nSPS) is 17.6. The fraction of sp³-hybridized carbons (Fsp3) is 0.214. The second-order valence-corrected chi connectivity index (χ2v) is 9.03. The molecule has 2 atom stereocenters. The van der Waals surface area contributed by atoms with Crippen molar-refractivity contribution >= 4 is 23.0 Å². The summed E-state index contributed by atoms with van der Waals surface area (Å²) in [4.78, 5) is 6.88. The van der Waals surface area contributed by atoms with Crippen LogP contribution < -0.4 is 15.0 Å². The second-order valence-electron chi connectivity index (χ2n) is 8.65. The smallest absolute Gasteiger partial charge is 0.174 e. The van der Waals surface area contributed by atoms with Gasteiger partial charge in [0.05, 0.1) is 24.9 Å². The number of pyridine rings is 1. The van der Waals surface area contributed by atoms with Gasteiger partial charge in [0, 0.05) is 35.0 Å². The standard InChI is InChI=1S/C28H28N4OS/c1-18-10-5-6-14-25(18)31-19(2)16-23(20(31)3)27-26(24-13-7-8-15-29-24)30-28(34)32(27)21-11-9-12-22(17-21)33-4/h5-17,26-27H,1-4H3,(H,30,34)/t26-,27+/m1/s1. The molecule has 2 aromatic heterocycles. The lowest BCUT2D eigenvalue weighted by Gasteiger charge is -2.28. The third kappa shape index (κ3) is 3.74. The van der Waals surface area contributed by atoms with Gasteiger partial charge in [-0.1, -0.05) is 30.3 Å². The Morgan fingerprint density at radius 1 is 0.941 bits per heavy atom. The molecular weight excluding hydrogens is 440 g/mol. The van der Waals surface area contributed by atoms with Crippen LogP contribution in [0.2, 0.25) is 0 Å². The zero-order valence-corrected chi connectivity index (χ0v) is 20.6. The molecule has 0 spiro atoms. The first-order valence-electron chi connectivity index (χ1n) is 11.4. The van der Waals surface area contributed by atoms with Crippen LogP contribution in [0.4, 0.5) is 5.69 Å². The minimum absolute atomic E-state index is 0.0709. The van der Waals surface area contributed by atoms with Crippen molar-refractivity contribution < 1.29 is 4.74 Å². The number of aromatic nitrogens is 2. The molecule has 0 unspecified atom stereocenters. The second kappa shape index (κ2) is 8.95. The molecule has 1 aliphatic rings. The topological polar surface area (TPSA) is 42.3 Å². The molecule has 1 fully saturated rings. The zero-order valence-electron chi connectivity index (χ0n) is 19.8. The third-order valence-electron chi connectivity index (χ3n) is 6.57. The van der Waals surface area contributed by atoms with E-state index in [9.17, 15) is 0 Å². The highest BCUT2D eigenvalue weighted by Gasteiger charge is 2.42. The van der Waals surface area contributed by atoms with E-state index in [1.54, 1.807) is 7.11 Å². The molecule has 172 valence electrons. The quantitative estimate of drug-likeness (QED) is 0.365. The van der Waals surface area contributed by atoms with E-state index in [2.05, 4.69) is 83.0 Å². The number of benzene rings is 2. The van der Waals surface area contributed by atoms with E-state index in [0.29, 0.717) is 5.11 Å². The molecule has 1 saturated heterocycles. The minimum atomic E-state index is -0.0919. The average Bonchev–Trinajstić information content (AvgIpc) is 3.35. The summed E-state index contributed by atoms with van der Waals surface area (Å²) in [5, 5.41) is 4.23. The Labute approximate surface area is 206 Å². The van der Waals surface area contributed by atoms with Crippen LogP contribution in [0, 0.1) is 20.8 Å². The van der Waals surface area contributed by atoms with Gasteiger partial charge in [0.2, 0.25) is 0 Å². The van der Waals surface area contributed by atoms with Gasteiger partial charge >= 0.3 is 0 Å². The molecule has 0 bridgehead atoms. The van der Waals surface area contributed by atoms with Crippen LogP contribution in [0.25, 0.3) is 5.69 Å². The zero-order chi connectivity index (χ0) is 23.8. The van der Waals surface area contributed by atoms with E-state index in [1.165, 1.54) is 28.2 Å². The van der Waals surface area contributed by atoms with E-state index in [-0.39, 0.29) is 12.1 Å². The van der Waals surface area contributed by atoms with Gasteiger partial charge in [-0.15, -0.1) is 0 Å². The van der Waals surface area contributed by atoms with Crippen molar-refractivity contribution in [3.05, 3.63) is 107 Å². The van der Waals surface area contributed by atoms with Gasteiger partial charge in [-0.3, -0.25) is 4.98 Å². The molecule has 1 N–H and O–H groups in total. The van der Waals surface area contributed by atoms with E-state index < -0.39 is 0 Å². The highest BCUT2D eigenvalue weighted by Crippen LogP contribution is 2.44. The number of nitrogens with zero attached hydrogens (tertiary/aromatic N) is 3. The number of rotatable bonds is 5. The van der Waals surface area contributed by atoms with Crippen LogP contribution in [-0.2, 0) is 0 Å². The molecule has 1 aliphatic heterocycles. The number of aryl methyl sites for hydroxylation is 2. The molecule has 0 radical (unpaired) electrons. The molecule has 5 nitrogen and oxygen atoms in total. The number of hydrogen-bond donors (Lipinski definition) is 1. The fourth-order valence-electron chi connectivity index (χ4n) is 4.98. The number of anilines is 1. The molecule has 2 aromatic carbocycles. The van der Waals surface area contributed by atoms with Gasteiger partial charge in [-0.2, -0.15) is 0 Å². The minimum Gasteiger partial charge on any atom is -0.497 e. The Hall–Kier alpha value is -3.64. The maximum Gasteiger partial charge on any atom is 0.174 e. The van der Waals surface area contributed by atoms with Crippen LogP contribution in [0.1, 0.15) is 40.3 Å². The van der Waals surface area contributed by atoms with Crippen molar-refractivity contribution in [2.75, 3.05) is 12.0 Å². The SMILES string of the molecule is COc1cccc(N2C(=S)N[C@H](c3ccccn3)[C@@H]2c2cc(C)n(-c3ccccc3C)c2C)c1. The lowest BCUT2D eigenvalue weighted by atomic mass is 9.96. The largest absolute Gasteiger partial charge is 0.497 e. The third-order valence-corrected chi connectivity index (χ3v) is 6.89. The predicted molar refractivity (Wildman–Crippen MR) is 141 cm³/mol. The first-order chi connectivity index (χ1) is 16.5. The lowest BCUT2D eigenvalue weighted by molar-refractivity contribution is 0.415. The number of para-hydroxylation sites is 1. The summed E-state index contributed by atoms with van der Waals surface area (Å²) in [6.45, 7) is 6.50. The van der Waals surface area contributed by atoms with Crippen molar-refractivity contribution in [2.45, 2.75) is 32.9 Å². The molecule has 0 aliphatic carbocycles. The number of nitrogens with one attached hydrogen (secondary N) is 1. The van der Waals surface area contributed by atoms with Crippen LogP contribution in [0.15, 0.2) is 79.0 Å². The summed E-state index contributed by atoms with van der Waals surface area (Å²) < 4.78 is 7.85. The summed E-state index contributed by atoms with van der Waals surface area (Å²) in [7, 11) is 1.68. The van der Waals surface area contributed by atoms with Gasteiger partial charge in [0.25, 0.3) is 0 Å². The summed E-state index contributed by atoms with van der Waals surface area (Å²) >= 11 is 5.89. The lowest BCUT2D eigenvalue weighted by Crippen LogP contribution is -2.29. The molecule has 34 heavy (non-hydrogen) atoms. The Bertz CT molecular complexity index is 1350. The van der Waals surface area contributed by atoms with Crippen LogP contribution >= 0.6 is 12.2 Å². The summed E-state index contributed by atoms with van der Waals surface area (Å²) in [5.74, 6) is 0.797. The van der Waals surface area contributed by atoms with E-state index in [0.717, 1.165) is 17.1 Å². The van der Waals surface area contributed by atoms with Gasteiger partial charge in [-0.05, 0) is 80.5 Å². The van der Waals surface area contributed by atoms with Crippen molar-refractivity contribution in [1.29, 1.82) is 0 Å². The number of methoxy groups -OCH3 is 1. The van der Waals surface area contributed by atoms with E-state index in [1.807, 2.05) is 36.5 Å². The van der Waals surface area contributed by atoms with E-state index in [4.69, 9.17) is 17.0 Å². The molecule has 4 aromatic rings. The first-order valence-corrected chi connectivity index (χ1v) is 11.8. The first kappa shape index (κ1) is 22.2. The van der Waals surface area contributed by atoms with Crippen LogP contribution in [0.3, 0.4) is 0 Å². The average molecular weight is 469 g/mol. The molecule has 0 amide bonds. The molecule has 3 heterocycles. The molecule has 6 heteroatoms. The van der Waals surface area contributed by atoms with Crippen LogP contribution in [0.5, 0.6) is 5.75 Å². The van der Waals surface area contributed by atoms with Crippen molar-refractivity contribution in [3.63, 3.8) is 0 Å². The molecular formula is C28H28N4OS. The van der Waals surface area contributed by atoms with Crippen molar-refractivity contribution in [3.8, 4) is 11.4 Å². The van der Waals surface area contributed by atoms with Crippen LogP contribution in [-0.4, -0.2) is 21.8 Å². The Morgan fingerprint density at radius 2 is 1.74 bits per heavy atom. The van der Waals surface area contributed by atoms with Crippen molar-refractivity contribution in [2.24, 2.45) is 0 Å². The monoisotopic (exact) mass is 468 g/mol. The van der Waals surface area contributed by atoms with Gasteiger partial charge in [0.15, 0.2) is 5.11 Å². The maximum absolute atomic E-state index is 5.89. The summed E-state index contributed by atoms with van der Waals surface area (Å²) in [6.07, 6.45) is 1.84. The predicted octanol–water partition coefficient (Wildman–Crippen LogP) is 5.98. The molecule has 0 saturated carbocycles.